The average molecular weight is 257 g/mol. The van der Waals surface area contributed by atoms with Crippen LogP contribution in [0.3, 0.4) is 0 Å². The Hall–Kier alpha value is -1.88. The van der Waals surface area contributed by atoms with Crippen molar-refractivity contribution in [2.24, 2.45) is 0 Å². The molecule has 0 bridgehead atoms. The van der Waals surface area contributed by atoms with E-state index in [1.807, 2.05) is 18.3 Å². The molecule has 2 aromatic rings. The number of hydrogen-bond donors (Lipinski definition) is 1. The fourth-order valence-electron chi connectivity index (χ4n) is 2.46. The normalized spacial score (nSPS) is 17.5. The molecule has 100 valence electrons. The molecule has 0 amide bonds. The highest BCUT2D eigenvalue weighted by Gasteiger charge is 2.17. The fourth-order valence-corrected chi connectivity index (χ4v) is 2.46. The van der Waals surface area contributed by atoms with Crippen molar-refractivity contribution in [1.29, 1.82) is 0 Å². The summed E-state index contributed by atoms with van der Waals surface area (Å²) in [6.07, 6.45) is 7.83. The minimum Gasteiger partial charge on any atom is -0.379 e. The van der Waals surface area contributed by atoms with Crippen LogP contribution in [0, 0.1) is 0 Å². The lowest BCUT2D eigenvalue weighted by molar-refractivity contribution is 0.264. The summed E-state index contributed by atoms with van der Waals surface area (Å²) < 4.78 is 1.80. The Morgan fingerprint density at radius 2 is 2.05 bits per heavy atom. The van der Waals surface area contributed by atoms with Crippen LogP contribution in [0.5, 0.6) is 0 Å². The second-order valence-corrected chi connectivity index (χ2v) is 5.05. The van der Waals surface area contributed by atoms with Gasteiger partial charge in [-0.2, -0.15) is 5.10 Å². The van der Waals surface area contributed by atoms with Gasteiger partial charge in [0.1, 0.15) is 0 Å². The summed E-state index contributed by atoms with van der Waals surface area (Å²) in [5, 5.41) is 7.87. The van der Waals surface area contributed by atoms with E-state index < -0.39 is 0 Å². The third-order valence-corrected chi connectivity index (χ3v) is 3.59. The van der Waals surface area contributed by atoms with Crippen LogP contribution in [-0.4, -0.2) is 45.8 Å². The van der Waals surface area contributed by atoms with Crippen LogP contribution < -0.4 is 5.32 Å². The maximum atomic E-state index is 4.43. The van der Waals surface area contributed by atoms with Gasteiger partial charge in [0.25, 0.3) is 0 Å². The van der Waals surface area contributed by atoms with E-state index in [1.54, 1.807) is 17.1 Å². The topological polar surface area (TPSA) is 46.0 Å². The molecule has 0 aromatic carbocycles. The van der Waals surface area contributed by atoms with Crippen LogP contribution in [0.15, 0.2) is 36.8 Å². The molecule has 1 N–H and O–H groups in total. The van der Waals surface area contributed by atoms with Gasteiger partial charge >= 0.3 is 0 Å². The van der Waals surface area contributed by atoms with Gasteiger partial charge in [0.2, 0.25) is 0 Å². The van der Waals surface area contributed by atoms with Crippen molar-refractivity contribution in [3.63, 3.8) is 0 Å². The highest BCUT2D eigenvalue weighted by atomic mass is 15.3. The molecule has 0 radical (unpaired) electrons. The fraction of sp³-hybridized carbons (Fsp3) is 0.429. The molecule has 19 heavy (non-hydrogen) atoms. The van der Waals surface area contributed by atoms with E-state index in [1.165, 1.54) is 12.8 Å². The minimum atomic E-state index is 0.523. The molecular weight excluding hydrogens is 238 g/mol. The highest BCUT2D eigenvalue weighted by molar-refractivity contribution is 5.56. The van der Waals surface area contributed by atoms with E-state index in [9.17, 15) is 0 Å². The molecule has 2 aromatic heterocycles. The van der Waals surface area contributed by atoms with Crippen molar-refractivity contribution in [2.45, 2.75) is 18.9 Å². The summed E-state index contributed by atoms with van der Waals surface area (Å²) in [6, 6.07) is 6.47. The van der Waals surface area contributed by atoms with Gasteiger partial charge in [-0.3, -0.25) is 0 Å². The quantitative estimate of drug-likeness (QED) is 0.910. The molecule has 0 atom stereocenters. The number of rotatable bonds is 3. The molecule has 0 unspecified atom stereocenters. The summed E-state index contributed by atoms with van der Waals surface area (Å²) in [4.78, 5) is 6.80. The lowest BCUT2D eigenvalue weighted by Gasteiger charge is -2.30. The number of aromatic nitrogens is 3. The van der Waals surface area contributed by atoms with Crippen LogP contribution in [-0.2, 0) is 0 Å². The van der Waals surface area contributed by atoms with Crippen molar-refractivity contribution in [1.82, 2.24) is 19.7 Å². The van der Waals surface area contributed by atoms with E-state index in [4.69, 9.17) is 0 Å². The molecule has 5 heteroatoms. The number of piperidine rings is 1. The van der Waals surface area contributed by atoms with E-state index in [0.717, 1.165) is 24.6 Å². The summed E-state index contributed by atoms with van der Waals surface area (Å²) in [7, 11) is 2.18. The van der Waals surface area contributed by atoms with Gasteiger partial charge in [-0.15, -0.1) is 0 Å². The monoisotopic (exact) mass is 257 g/mol. The number of hydrogen-bond acceptors (Lipinski definition) is 4. The first-order valence-corrected chi connectivity index (χ1v) is 6.73. The molecule has 5 nitrogen and oxygen atoms in total. The second kappa shape index (κ2) is 5.40. The van der Waals surface area contributed by atoms with Gasteiger partial charge in [-0.25, -0.2) is 9.67 Å². The summed E-state index contributed by atoms with van der Waals surface area (Å²) in [6.45, 7) is 2.30. The lowest BCUT2D eigenvalue weighted by Crippen LogP contribution is -2.36. The molecular formula is C14H19N5. The summed E-state index contributed by atoms with van der Waals surface area (Å²) >= 11 is 0. The molecule has 0 saturated carbocycles. The maximum absolute atomic E-state index is 4.43. The van der Waals surface area contributed by atoms with Crippen molar-refractivity contribution >= 4 is 5.69 Å². The van der Waals surface area contributed by atoms with Crippen LogP contribution in [0.1, 0.15) is 12.8 Å². The maximum Gasteiger partial charge on any atom is 0.176 e. The highest BCUT2D eigenvalue weighted by Crippen LogP contribution is 2.20. The first kappa shape index (κ1) is 12.2. The largest absolute Gasteiger partial charge is 0.379 e. The molecule has 1 aliphatic rings. The third kappa shape index (κ3) is 2.76. The van der Waals surface area contributed by atoms with Crippen molar-refractivity contribution in [3.8, 4) is 5.82 Å². The van der Waals surface area contributed by atoms with E-state index in [0.29, 0.717) is 6.04 Å². The van der Waals surface area contributed by atoms with Gasteiger partial charge in [-0.05, 0) is 51.2 Å². The Bertz CT molecular complexity index is 514. The third-order valence-electron chi connectivity index (χ3n) is 3.59. The summed E-state index contributed by atoms with van der Waals surface area (Å²) in [5.41, 5.74) is 1.06. The van der Waals surface area contributed by atoms with Gasteiger partial charge in [0, 0.05) is 24.6 Å². The molecule has 1 aliphatic heterocycles. The second-order valence-electron chi connectivity index (χ2n) is 5.05. The molecule has 3 rings (SSSR count). The van der Waals surface area contributed by atoms with E-state index >= 15 is 0 Å². The van der Waals surface area contributed by atoms with E-state index in [2.05, 4.69) is 33.4 Å². The van der Waals surface area contributed by atoms with Gasteiger partial charge in [-0.1, -0.05) is 0 Å². The first-order chi connectivity index (χ1) is 9.33. The molecule has 3 heterocycles. The smallest absolute Gasteiger partial charge is 0.176 e. The van der Waals surface area contributed by atoms with Crippen LogP contribution >= 0.6 is 0 Å². The number of pyridine rings is 1. The standard InChI is InChI=1S/C14H19N5/c1-18-10-5-12(6-11-18)17-13-4-2-7-15-14(13)19-9-3-8-16-19/h2-4,7-9,12,17H,5-6,10-11H2,1H3. The van der Waals surface area contributed by atoms with Crippen molar-refractivity contribution in [2.75, 3.05) is 25.5 Å². The van der Waals surface area contributed by atoms with E-state index in [-0.39, 0.29) is 0 Å². The zero-order valence-electron chi connectivity index (χ0n) is 11.2. The van der Waals surface area contributed by atoms with Gasteiger partial charge < -0.3 is 10.2 Å². The molecule has 1 saturated heterocycles. The lowest BCUT2D eigenvalue weighted by atomic mass is 10.1. The Balaban J connectivity index is 1.78. The summed E-state index contributed by atoms with van der Waals surface area (Å²) in [5.74, 6) is 0.867. The predicted molar refractivity (Wildman–Crippen MR) is 75.5 cm³/mol. The van der Waals surface area contributed by atoms with Crippen LogP contribution in [0.2, 0.25) is 0 Å². The van der Waals surface area contributed by atoms with Crippen LogP contribution in [0.4, 0.5) is 5.69 Å². The first-order valence-electron chi connectivity index (χ1n) is 6.73. The van der Waals surface area contributed by atoms with Crippen molar-refractivity contribution < 1.29 is 0 Å². The molecule has 0 spiro atoms. The number of nitrogens with zero attached hydrogens (tertiary/aromatic N) is 4. The Morgan fingerprint density at radius 3 is 2.79 bits per heavy atom. The average Bonchev–Trinajstić information content (AvgIpc) is 2.96. The predicted octanol–water partition coefficient (Wildman–Crippen LogP) is 1.77. The number of likely N-dealkylation sites (tertiary alicyclic amines) is 1. The Labute approximate surface area is 113 Å². The van der Waals surface area contributed by atoms with Gasteiger partial charge in [0.15, 0.2) is 5.82 Å². The number of nitrogens with one attached hydrogen (secondary N) is 1. The Morgan fingerprint density at radius 1 is 1.21 bits per heavy atom. The zero-order chi connectivity index (χ0) is 13.1. The molecule has 0 aliphatic carbocycles. The SMILES string of the molecule is CN1CCC(Nc2cccnc2-n2cccn2)CC1. The van der Waals surface area contributed by atoms with Gasteiger partial charge in [0.05, 0.1) is 5.69 Å². The minimum absolute atomic E-state index is 0.523. The van der Waals surface area contributed by atoms with Crippen LogP contribution in [0.25, 0.3) is 5.82 Å². The number of anilines is 1. The Kier molecular flexibility index (Phi) is 3.46. The molecule has 1 fully saturated rings. The van der Waals surface area contributed by atoms with Crippen molar-refractivity contribution in [3.05, 3.63) is 36.8 Å². The zero-order valence-corrected chi connectivity index (χ0v) is 11.2.